The number of hydrogen-bond acceptors (Lipinski definition) is 1. The highest BCUT2D eigenvalue weighted by Crippen LogP contribution is 2.39. The lowest BCUT2D eigenvalue weighted by Gasteiger charge is -2.10. The molecule has 0 radical (unpaired) electrons. The molecule has 0 amide bonds. The second-order valence-electron chi connectivity index (χ2n) is 3.42. The highest BCUT2D eigenvalue weighted by molar-refractivity contribution is 4.86. The Morgan fingerprint density at radius 2 is 2.11 bits per heavy atom. The van der Waals surface area contributed by atoms with Crippen molar-refractivity contribution in [1.29, 1.82) is 0 Å². The first-order valence-electron chi connectivity index (χ1n) is 3.99. The Balaban J connectivity index is 2.07. The molecule has 2 aliphatic rings. The van der Waals surface area contributed by atoms with Crippen LogP contribution in [0.25, 0.3) is 0 Å². The van der Waals surface area contributed by atoms with Crippen LogP contribution in [0.1, 0.15) is 26.2 Å². The minimum Gasteiger partial charge on any atom is -0.378 e. The van der Waals surface area contributed by atoms with Crippen molar-refractivity contribution in [2.45, 2.75) is 32.3 Å². The van der Waals surface area contributed by atoms with Crippen LogP contribution in [-0.4, -0.2) is 12.7 Å². The van der Waals surface area contributed by atoms with E-state index in [1.165, 1.54) is 19.3 Å². The van der Waals surface area contributed by atoms with Gasteiger partial charge in [-0.1, -0.05) is 6.92 Å². The van der Waals surface area contributed by atoms with E-state index < -0.39 is 0 Å². The monoisotopic (exact) mass is 126 g/mol. The van der Waals surface area contributed by atoms with E-state index in [0.29, 0.717) is 6.10 Å². The SMILES string of the molecule is CC1CCC2OCCC12. The lowest BCUT2D eigenvalue weighted by Crippen LogP contribution is -2.10. The van der Waals surface area contributed by atoms with E-state index in [2.05, 4.69) is 6.92 Å². The van der Waals surface area contributed by atoms with Crippen molar-refractivity contribution in [2.24, 2.45) is 11.8 Å². The Morgan fingerprint density at radius 3 is 2.89 bits per heavy atom. The fourth-order valence-electron chi connectivity index (χ4n) is 2.25. The molecular formula is C8H14O. The zero-order valence-corrected chi connectivity index (χ0v) is 5.97. The molecule has 1 heterocycles. The van der Waals surface area contributed by atoms with Gasteiger partial charge in [-0.15, -0.1) is 0 Å². The third-order valence-electron chi connectivity index (χ3n) is 2.90. The molecule has 0 aromatic heterocycles. The van der Waals surface area contributed by atoms with Gasteiger partial charge in [-0.25, -0.2) is 0 Å². The molecule has 0 N–H and O–H groups in total. The summed E-state index contributed by atoms with van der Waals surface area (Å²) >= 11 is 0. The second kappa shape index (κ2) is 1.98. The molecule has 9 heavy (non-hydrogen) atoms. The Bertz CT molecular complexity index is 111. The summed E-state index contributed by atoms with van der Waals surface area (Å²) in [5, 5.41) is 0. The molecule has 1 saturated heterocycles. The number of fused-ring (bicyclic) bond motifs is 1. The lowest BCUT2D eigenvalue weighted by molar-refractivity contribution is 0.100. The highest BCUT2D eigenvalue weighted by Gasteiger charge is 2.37. The van der Waals surface area contributed by atoms with Crippen LogP contribution in [0.2, 0.25) is 0 Å². The van der Waals surface area contributed by atoms with Crippen molar-refractivity contribution in [3.63, 3.8) is 0 Å². The van der Waals surface area contributed by atoms with Gasteiger partial charge in [0.1, 0.15) is 0 Å². The van der Waals surface area contributed by atoms with Gasteiger partial charge in [-0.3, -0.25) is 0 Å². The standard InChI is InChI=1S/C8H14O/c1-6-2-3-8-7(6)4-5-9-8/h6-8H,2-5H2,1H3. The number of rotatable bonds is 0. The van der Waals surface area contributed by atoms with Crippen LogP contribution in [-0.2, 0) is 4.74 Å². The fourth-order valence-corrected chi connectivity index (χ4v) is 2.25. The van der Waals surface area contributed by atoms with Gasteiger partial charge in [-0.05, 0) is 31.1 Å². The molecule has 1 aliphatic carbocycles. The predicted octanol–water partition coefficient (Wildman–Crippen LogP) is 1.82. The zero-order chi connectivity index (χ0) is 6.27. The van der Waals surface area contributed by atoms with E-state index in [-0.39, 0.29) is 0 Å². The molecule has 0 aromatic rings. The van der Waals surface area contributed by atoms with Crippen LogP contribution in [0.4, 0.5) is 0 Å². The maximum absolute atomic E-state index is 5.55. The first-order chi connectivity index (χ1) is 4.38. The largest absolute Gasteiger partial charge is 0.378 e. The summed E-state index contributed by atoms with van der Waals surface area (Å²) in [6, 6.07) is 0. The van der Waals surface area contributed by atoms with E-state index in [4.69, 9.17) is 4.74 Å². The smallest absolute Gasteiger partial charge is 0.0606 e. The van der Waals surface area contributed by atoms with E-state index in [1.807, 2.05) is 0 Å². The molecular weight excluding hydrogens is 112 g/mol. The van der Waals surface area contributed by atoms with Gasteiger partial charge in [0.15, 0.2) is 0 Å². The fraction of sp³-hybridized carbons (Fsp3) is 1.00. The molecule has 0 aromatic carbocycles. The van der Waals surface area contributed by atoms with E-state index in [0.717, 1.165) is 18.4 Å². The van der Waals surface area contributed by atoms with Crippen molar-refractivity contribution < 1.29 is 4.74 Å². The van der Waals surface area contributed by atoms with E-state index in [1.54, 1.807) is 0 Å². The van der Waals surface area contributed by atoms with Crippen LogP contribution in [0, 0.1) is 11.8 Å². The highest BCUT2D eigenvalue weighted by atomic mass is 16.5. The Labute approximate surface area is 56.4 Å². The summed E-state index contributed by atoms with van der Waals surface area (Å²) in [6.45, 7) is 3.39. The Kier molecular flexibility index (Phi) is 1.26. The first kappa shape index (κ1) is 5.72. The van der Waals surface area contributed by atoms with Crippen molar-refractivity contribution >= 4 is 0 Å². The number of ether oxygens (including phenoxy) is 1. The molecule has 52 valence electrons. The summed E-state index contributed by atoms with van der Waals surface area (Å²) in [4.78, 5) is 0. The molecule has 3 atom stereocenters. The van der Waals surface area contributed by atoms with Crippen LogP contribution in [0.15, 0.2) is 0 Å². The Morgan fingerprint density at radius 1 is 1.22 bits per heavy atom. The summed E-state index contributed by atoms with van der Waals surface area (Å²) in [6.07, 6.45) is 4.70. The normalized spacial score (nSPS) is 49.7. The zero-order valence-electron chi connectivity index (χ0n) is 5.97. The quantitative estimate of drug-likeness (QED) is 0.481. The molecule has 0 bridgehead atoms. The van der Waals surface area contributed by atoms with Crippen LogP contribution in [0.5, 0.6) is 0 Å². The maximum Gasteiger partial charge on any atom is 0.0606 e. The van der Waals surface area contributed by atoms with Gasteiger partial charge >= 0.3 is 0 Å². The minimum atomic E-state index is 0.653. The van der Waals surface area contributed by atoms with Crippen LogP contribution >= 0.6 is 0 Å². The van der Waals surface area contributed by atoms with E-state index >= 15 is 0 Å². The van der Waals surface area contributed by atoms with Gasteiger partial charge in [0, 0.05) is 6.61 Å². The molecule has 1 heteroatoms. The summed E-state index contributed by atoms with van der Waals surface area (Å²) in [5.41, 5.74) is 0. The summed E-state index contributed by atoms with van der Waals surface area (Å²) in [7, 11) is 0. The summed E-state index contributed by atoms with van der Waals surface area (Å²) in [5.74, 6) is 1.86. The van der Waals surface area contributed by atoms with Crippen molar-refractivity contribution in [1.82, 2.24) is 0 Å². The molecule has 3 unspecified atom stereocenters. The average molecular weight is 126 g/mol. The minimum absolute atomic E-state index is 0.653. The molecule has 2 rings (SSSR count). The van der Waals surface area contributed by atoms with Gasteiger partial charge in [0.25, 0.3) is 0 Å². The second-order valence-corrected chi connectivity index (χ2v) is 3.42. The van der Waals surface area contributed by atoms with Gasteiger partial charge in [0.05, 0.1) is 6.10 Å². The van der Waals surface area contributed by atoms with Gasteiger partial charge in [0.2, 0.25) is 0 Å². The van der Waals surface area contributed by atoms with Crippen LogP contribution < -0.4 is 0 Å². The lowest BCUT2D eigenvalue weighted by atomic mass is 9.96. The van der Waals surface area contributed by atoms with E-state index in [9.17, 15) is 0 Å². The van der Waals surface area contributed by atoms with Gasteiger partial charge in [-0.2, -0.15) is 0 Å². The average Bonchev–Trinajstić information content (AvgIpc) is 2.35. The number of hydrogen-bond donors (Lipinski definition) is 0. The maximum atomic E-state index is 5.55. The van der Waals surface area contributed by atoms with Crippen LogP contribution in [0.3, 0.4) is 0 Å². The molecule has 0 spiro atoms. The van der Waals surface area contributed by atoms with Crippen molar-refractivity contribution in [2.75, 3.05) is 6.61 Å². The third kappa shape index (κ3) is 0.787. The summed E-state index contributed by atoms with van der Waals surface area (Å²) < 4.78 is 5.55. The predicted molar refractivity (Wildman–Crippen MR) is 36.2 cm³/mol. The third-order valence-corrected chi connectivity index (χ3v) is 2.90. The molecule has 1 saturated carbocycles. The first-order valence-corrected chi connectivity index (χ1v) is 3.99. The topological polar surface area (TPSA) is 9.23 Å². The Hall–Kier alpha value is -0.0400. The van der Waals surface area contributed by atoms with Crippen molar-refractivity contribution in [3.8, 4) is 0 Å². The van der Waals surface area contributed by atoms with Crippen molar-refractivity contribution in [3.05, 3.63) is 0 Å². The van der Waals surface area contributed by atoms with Gasteiger partial charge < -0.3 is 4.74 Å². The molecule has 1 aliphatic heterocycles. The molecule has 2 fully saturated rings. The molecule has 1 nitrogen and oxygen atoms in total.